The second kappa shape index (κ2) is 2.47. The fourth-order valence-corrected chi connectivity index (χ4v) is 1.40. The summed E-state index contributed by atoms with van der Waals surface area (Å²) < 4.78 is 3.16. The molecule has 0 amide bonds. The maximum absolute atomic E-state index is 11.4. The summed E-state index contributed by atoms with van der Waals surface area (Å²) in [5.74, 6) is 1.56. The molecule has 1 fully saturated rings. The van der Waals surface area contributed by atoms with Gasteiger partial charge in [-0.2, -0.15) is 5.10 Å². The standard InChI is InChI=1S/C8H13N3O/c1-6-9-10(2)8(12)11(6)5-7-3-4-7/h7H,3-5H2,1-2H3. The highest BCUT2D eigenvalue weighted by molar-refractivity contribution is 4.86. The molecule has 1 aliphatic carbocycles. The summed E-state index contributed by atoms with van der Waals surface area (Å²) >= 11 is 0. The first kappa shape index (κ1) is 7.58. The Hall–Kier alpha value is -1.06. The third-order valence-electron chi connectivity index (χ3n) is 2.33. The molecule has 0 saturated heterocycles. The summed E-state index contributed by atoms with van der Waals surface area (Å²) in [7, 11) is 1.69. The molecule has 2 rings (SSSR count). The lowest BCUT2D eigenvalue weighted by Gasteiger charge is -1.98. The van der Waals surface area contributed by atoms with Crippen LogP contribution in [-0.4, -0.2) is 14.3 Å². The van der Waals surface area contributed by atoms with E-state index in [0.717, 1.165) is 18.3 Å². The molecule has 4 nitrogen and oxygen atoms in total. The first-order valence-corrected chi connectivity index (χ1v) is 4.29. The van der Waals surface area contributed by atoms with E-state index >= 15 is 0 Å². The molecule has 0 atom stereocenters. The van der Waals surface area contributed by atoms with Gasteiger partial charge in [0.2, 0.25) is 0 Å². The maximum Gasteiger partial charge on any atom is 0.345 e. The van der Waals surface area contributed by atoms with Crippen molar-refractivity contribution in [3.8, 4) is 0 Å². The molecule has 0 N–H and O–H groups in total. The van der Waals surface area contributed by atoms with Gasteiger partial charge in [0, 0.05) is 13.6 Å². The van der Waals surface area contributed by atoms with Gasteiger partial charge in [0.25, 0.3) is 0 Å². The molecule has 1 saturated carbocycles. The first-order valence-electron chi connectivity index (χ1n) is 4.29. The molecule has 0 unspecified atom stereocenters. The Morgan fingerprint density at radius 1 is 1.58 bits per heavy atom. The summed E-state index contributed by atoms with van der Waals surface area (Å²) in [6, 6.07) is 0. The van der Waals surface area contributed by atoms with Crippen LogP contribution in [0.1, 0.15) is 18.7 Å². The van der Waals surface area contributed by atoms with Crippen LogP contribution in [-0.2, 0) is 13.6 Å². The van der Waals surface area contributed by atoms with Gasteiger partial charge in [0.1, 0.15) is 5.82 Å². The van der Waals surface area contributed by atoms with Gasteiger partial charge in [-0.3, -0.25) is 4.57 Å². The van der Waals surface area contributed by atoms with Crippen LogP contribution in [0.25, 0.3) is 0 Å². The van der Waals surface area contributed by atoms with Gasteiger partial charge in [-0.1, -0.05) is 0 Å². The summed E-state index contributed by atoms with van der Waals surface area (Å²) in [6.45, 7) is 2.74. The molecule has 0 bridgehead atoms. The second-order valence-corrected chi connectivity index (χ2v) is 3.51. The highest BCUT2D eigenvalue weighted by Gasteiger charge is 2.23. The van der Waals surface area contributed by atoms with Gasteiger partial charge >= 0.3 is 5.69 Å². The quantitative estimate of drug-likeness (QED) is 0.635. The molecule has 0 aliphatic heterocycles. The van der Waals surface area contributed by atoms with Crippen LogP contribution in [0.15, 0.2) is 4.79 Å². The minimum Gasteiger partial charge on any atom is -0.279 e. The summed E-state index contributed by atoms with van der Waals surface area (Å²) in [6.07, 6.45) is 2.53. The van der Waals surface area contributed by atoms with E-state index in [4.69, 9.17) is 0 Å². The normalized spacial score (nSPS) is 16.8. The predicted octanol–water partition coefficient (Wildman–Crippen LogP) is 0.300. The zero-order chi connectivity index (χ0) is 8.72. The van der Waals surface area contributed by atoms with E-state index in [1.54, 1.807) is 11.6 Å². The van der Waals surface area contributed by atoms with Crippen molar-refractivity contribution in [2.45, 2.75) is 26.3 Å². The minimum absolute atomic E-state index is 0.0133. The molecule has 0 radical (unpaired) electrons. The number of rotatable bonds is 2. The van der Waals surface area contributed by atoms with E-state index in [2.05, 4.69) is 5.10 Å². The lowest BCUT2D eigenvalue weighted by molar-refractivity contribution is 0.584. The Bertz CT molecular complexity index is 346. The Morgan fingerprint density at radius 2 is 2.25 bits per heavy atom. The van der Waals surface area contributed by atoms with Gasteiger partial charge in [-0.05, 0) is 25.7 Å². The molecular formula is C8H13N3O. The molecule has 1 aromatic rings. The Labute approximate surface area is 70.8 Å². The third kappa shape index (κ3) is 1.17. The summed E-state index contributed by atoms with van der Waals surface area (Å²) in [5, 5.41) is 4.06. The Morgan fingerprint density at radius 3 is 2.67 bits per heavy atom. The topological polar surface area (TPSA) is 39.8 Å². The highest BCUT2D eigenvalue weighted by Crippen LogP contribution is 2.30. The summed E-state index contributed by atoms with van der Waals surface area (Å²) in [5.41, 5.74) is 0.0133. The third-order valence-corrected chi connectivity index (χ3v) is 2.33. The fourth-order valence-electron chi connectivity index (χ4n) is 1.40. The van der Waals surface area contributed by atoms with Gasteiger partial charge in [-0.15, -0.1) is 0 Å². The molecule has 4 heteroatoms. The maximum atomic E-state index is 11.4. The van der Waals surface area contributed by atoms with Crippen LogP contribution in [0.2, 0.25) is 0 Å². The van der Waals surface area contributed by atoms with Crippen LogP contribution in [0.4, 0.5) is 0 Å². The molecule has 1 aliphatic rings. The number of nitrogens with zero attached hydrogens (tertiary/aromatic N) is 3. The van der Waals surface area contributed by atoms with Crippen LogP contribution in [0.5, 0.6) is 0 Å². The number of hydrogen-bond acceptors (Lipinski definition) is 2. The largest absolute Gasteiger partial charge is 0.345 e. The van der Waals surface area contributed by atoms with Crippen molar-refractivity contribution in [2.24, 2.45) is 13.0 Å². The number of hydrogen-bond donors (Lipinski definition) is 0. The van der Waals surface area contributed by atoms with Crippen molar-refractivity contribution in [2.75, 3.05) is 0 Å². The van der Waals surface area contributed by atoms with Gasteiger partial charge in [0.05, 0.1) is 0 Å². The predicted molar refractivity (Wildman–Crippen MR) is 44.9 cm³/mol. The van der Waals surface area contributed by atoms with E-state index < -0.39 is 0 Å². The fraction of sp³-hybridized carbons (Fsp3) is 0.750. The van der Waals surface area contributed by atoms with Crippen molar-refractivity contribution < 1.29 is 0 Å². The Balaban J connectivity index is 2.33. The van der Waals surface area contributed by atoms with E-state index in [0.29, 0.717) is 0 Å². The molecule has 1 heterocycles. The van der Waals surface area contributed by atoms with Crippen LogP contribution in [0, 0.1) is 12.8 Å². The van der Waals surface area contributed by atoms with E-state index in [1.165, 1.54) is 17.5 Å². The van der Waals surface area contributed by atoms with Crippen LogP contribution in [0.3, 0.4) is 0 Å². The average molecular weight is 167 g/mol. The van der Waals surface area contributed by atoms with E-state index in [9.17, 15) is 4.79 Å². The van der Waals surface area contributed by atoms with E-state index in [1.807, 2.05) is 6.92 Å². The monoisotopic (exact) mass is 167 g/mol. The highest BCUT2D eigenvalue weighted by atomic mass is 16.2. The molecule has 0 spiro atoms. The second-order valence-electron chi connectivity index (χ2n) is 3.51. The van der Waals surface area contributed by atoms with Crippen molar-refractivity contribution in [1.29, 1.82) is 0 Å². The van der Waals surface area contributed by atoms with Crippen molar-refractivity contribution in [3.63, 3.8) is 0 Å². The molecule has 12 heavy (non-hydrogen) atoms. The van der Waals surface area contributed by atoms with Crippen molar-refractivity contribution >= 4 is 0 Å². The van der Waals surface area contributed by atoms with Gasteiger partial charge in [-0.25, -0.2) is 9.48 Å². The first-order chi connectivity index (χ1) is 5.68. The zero-order valence-electron chi connectivity index (χ0n) is 7.45. The van der Waals surface area contributed by atoms with Crippen LogP contribution >= 0.6 is 0 Å². The van der Waals surface area contributed by atoms with E-state index in [-0.39, 0.29) is 5.69 Å². The molecule has 0 aromatic carbocycles. The lowest BCUT2D eigenvalue weighted by Crippen LogP contribution is -2.23. The number of aryl methyl sites for hydroxylation is 2. The minimum atomic E-state index is 0.0133. The van der Waals surface area contributed by atoms with Crippen molar-refractivity contribution in [3.05, 3.63) is 16.3 Å². The van der Waals surface area contributed by atoms with Gasteiger partial charge in [0.15, 0.2) is 0 Å². The smallest absolute Gasteiger partial charge is 0.279 e. The van der Waals surface area contributed by atoms with Gasteiger partial charge < -0.3 is 0 Å². The number of aromatic nitrogens is 3. The molecule has 1 aromatic heterocycles. The molecular weight excluding hydrogens is 154 g/mol. The lowest BCUT2D eigenvalue weighted by atomic mass is 10.4. The Kier molecular flexibility index (Phi) is 1.56. The SMILES string of the molecule is Cc1nn(C)c(=O)n1CC1CC1. The average Bonchev–Trinajstić information content (AvgIpc) is 2.77. The zero-order valence-corrected chi connectivity index (χ0v) is 7.45. The van der Waals surface area contributed by atoms with Crippen LogP contribution < -0.4 is 5.69 Å². The molecule has 66 valence electrons. The summed E-state index contributed by atoms with van der Waals surface area (Å²) in [4.78, 5) is 11.4. The van der Waals surface area contributed by atoms with Crippen molar-refractivity contribution in [1.82, 2.24) is 14.3 Å².